The number of hydrogen-bond acceptors (Lipinski definition) is 1. The van der Waals surface area contributed by atoms with Crippen LogP contribution in [0.25, 0.3) is 0 Å². The largest absolute Gasteiger partial charge is 0.356 e. The third-order valence-electron chi connectivity index (χ3n) is 3.71. The van der Waals surface area contributed by atoms with E-state index in [1.165, 1.54) is 25.5 Å². The lowest BCUT2D eigenvalue weighted by Crippen LogP contribution is -3.14. The fourth-order valence-electron chi connectivity index (χ4n) is 2.64. The predicted molar refractivity (Wildman–Crippen MR) is 80.0 cm³/mol. The first-order valence-electron chi connectivity index (χ1n) is 6.84. The average Bonchev–Trinajstić information content (AvgIpc) is 2.86. The van der Waals surface area contributed by atoms with E-state index in [0.29, 0.717) is 16.8 Å². The third-order valence-corrected chi connectivity index (χ3v) is 3.96. The van der Waals surface area contributed by atoms with Gasteiger partial charge in [0, 0.05) is 12.8 Å². The van der Waals surface area contributed by atoms with Crippen molar-refractivity contribution in [2.75, 3.05) is 25.0 Å². The average molecular weight is 282 g/mol. The lowest BCUT2D eigenvalue weighted by molar-refractivity contribution is -0.909. The van der Waals surface area contributed by atoms with Crippen molar-refractivity contribution in [3.8, 4) is 0 Å². The zero-order chi connectivity index (χ0) is 13.7. The van der Waals surface area contributed by atoms with Crippen LogP contribution < -0.4 is 15.5 Å². The summed E-state index contributed by atoms with van der Waals surface area (Å²) in [5.41, 5.74) is 0.422. The Hall–Kier alpha value is -1.20. The van der Waals surface area contributed by atoms with Crippen LogP contribution in [0.2, 0.25) is 0 Å². The van der Waals surface area contributed by atoms with Crippen LogP contribution in [0.5, 0.6) is 0 Å². The molecule has 1 heterocycles. The van der Waals surface area contributed by atoms with Crippen LogP contribution in [0, 0.1) is 5.82 Å². The summed E-state index contributed by atoms with van der Waals surface area (Å²) >= 11 is 5.21. The second-order valence-corrected chi connectivity index (χ2v) is 5.32. The van der Waals surface area contributed by atoms with Crippen LogP contribution in [-0.4, -0.2) is 30.8 Å². The molecule has 3 N–H and O–H groups in total. The summed E-state index contributed by atoms with van der Waals surface area (Å²) in [6.07, 6.45) is 2.52. The van der Waals surface area contributed by atoms with Gasteiger partial charge in [-0.2, -0.15) is 0 Å². The number of nitrogens with one attached hydrogen (secondary N) is 3. The Morgan fingerprint density at radius 2 is 2.26 bits per heavy atom. The highest BCUT2D eigenvalue weighted by Gasteiger charge is 2.26. The molecule has 0 aliphatic carbocycles. The number of rotatable bonds is 4. The minimum Gasteiger partial charge on any atom is -0.356 e. The fraction of sp³-hybridized carbons (Fsp3) is 0.500. The van der Waals surface area contributed by atoms with E-state index in [-0.39, 0.29) is 5.82 Å². The van der Waals surface area contributed by atoms with Crippen molar-refractivity contribution in [2.24, 2.45) is 0 Å². The Morgan fingerprint density at radius 3 is 3.00 bits per heavy atom. The van der Waals surface area contributed by atoms with Crippen LogP contribution in [0.3, 0.4) is 0 Å². The summed E-state index contributed by atoms with van der Waals surface area (Å²) in [4.78, 5) is 1.63. The van der Waals surface area contributed by atoms with Crippen molar-refractivity contribution in [3.05, 3.63) is 30.1 Å². The number of thiocarbonyl (C=S) groups is 1. The van der Waals surface area contributed by atoms with Crippen molar-refractivity contribution in [1.82, 2.24) is 5.32 Å². The smallest absolute Gasteiger partial charge is 0.171 e. The molecule has 5 heteroatoms. The molecule has 0 radical (unpaired) electrons. The lowest BCUT2D eigenvalue weighted by atomic mass is 10.2. The second-order valence-electron chi connectivity index (χ2n) is 4.92. The van der Waals surface area contributed by atoms with E-state index in [9.17, 15) is 4.39 Å². The zero-order valence-electron chi connectivity index (χ0n) is 11.2. The molecular weight excluding hydrogens is 261 g/mol. The monoisotopic (exact) mass is 282 g/mol. The molecular formula is C14H21FN3S+. The number of likely N-dealkylation sites (N-methyl/N-ethyl adjacent to an activating group) is 1. The predicted octanol–water partition coefficient (Wildman–Crippen LogP) is 1.18. The van der Waals surface area contributed by atoms with Crippen LogP contribution in [0.1, 0.15) is 19.8 Å². The van der Waals surface area contributed by atoms with Gasteiger partial charge in [-0.25, -0.2) is 4.39 Å². The highest BCUT2D eigenvalue weighted by Crippen LogP contribution is 2.11. The molecule has 1 fully saturated rings. The Balaban J connectivity index is 1.80. The minimum atomic E-state index is -0.284. The molecule has 1 unspecified atom stereocenters. The molecule has 2 rings (SSSR count). The molecule has 1 saturated heterocycles. The zero-order valence-corrected chi connectivity index (χ0v) is 12.0. The molecule has 0 saturated carbocycles. The van der Waals surface area contributed by atoms with Gasteiger partial charge >= 0.3 is 0 Å². The molecule has 1 aromatic rings. The molecule has 0 amide bonds. The summed E-state index contributed by atoms with van der Waals surface area (Å²) in [7, 11) is 0. The van der Waals surface area contributed by atoms with Gasteiger partial charge in [-0.3, -0.25) is 0 Å². The van der Waals surface area contributed by atoms with Gasteiger partial charge in [0.15, 0.2) is 5.11 Å². The highest BCUT2D eigenvalue weighted by atomic mass is 32.1. The first-order chi connectivity index (χ1) is 9.20. The normalized spacial score (nSPS) is 22.2. The molecule has 1 aliphatic heterocycles. The maximum Gasteiger partial charge on any atom is 0.171 e. The summed E-state index contributed by atoms with van der Waals surface area (Å²) in [6.45, 7) is 5.46. The Morgan fingerprint density at radius 1 is 1.47 bits per heavy atom. The van der Waals surface area contributed by atoms with E-state index in [4.69, 9.17) is 12.2 Å². The van der Waals surface area contributed by atoms with E-state index in [0.717, 1.165) is 13.1 Å². The van der Waals surface area contributed by atoms with Gasteiger partial charge in [-0.1, -0.05) is 12.1 Å². The van der Waals surface area contributed by atoms with E-state index < -0.39 is 0 Å². The summed E-state index contributed by atoms with van der Waals surface area (Å²) in [5.74, 6) is -0.284. The van der Waals surface area contributed by atoms with Crippen molar-refractivity contribution >= 4 is 23.0 Å². The summed E-state index contributed by atoms with van der Waals surface area (Å²) < 4.78 is 13.5. The number of likely N-dealkylation sites (tertiary alicyclic amines) is 1. The molecule has 104 valence electrons. The molecule has 2 atom stereocenters. The molecule has 0 aromatic heterocycles. The van der Waals surface area contributed by atoms with Crippen LogP contribution in [-0.2, 0) is 0 Å². The molecule has 0 spiro atoms. The highest BCUT2D eigenvalue weighted by molar-refractivity contribution is 7.80. The van der Waals surface area contributed by atoms with Crippen LogP contribution >= 0.6 is 12.2 Å². The second kappa shape index (κ2) is 6.82. The number of halogens is 1. The number of hydrogen-bond donors (Lipinski definition) is 3. The van der Waals surface area contributed by atoms with E-state index >= 15 is 0 Å². The van der Waals surface area contributed by atoms with Crippen molar-refractivity contribution in [2.45, 2.75) is 25.8 Å². The minimum absolute atomic E-state index is 0.284. The Bertz CT molecular complexity index is 438. The molecule has 1 aromatic carbocycles. The van der Waals surface area contributed by atoms with Crippen molar-refractivity contribution in [3.63, 3.8) is 0 Å². The molecule has 19 heavy (non-hydrogen) atoms. The number of anilines is 1. The first-order valence-corrected chi connectivity index (χ1v) is 7.25. The molecule has 1 aliphatic rings. The van der Waals surface area contributed by atoms with Gasteiger partial charge < -0.3 is 15.5 Å². The molecule has 3 nitrogen and oxygen atoms in total. The van der Waals surface area contributed by atoms with E-state index in [2.05, 4.69) is 17.6 Å². The van der Waals surface area contributed by atoms with Crippen LogP contribution in [0.4, 0.5) is 10.1 Å². The lowest BCUT2D eigenvalue weighted by Gasteiger charge is -2.21. The van der Waals surface area contributed by atoms with Gasteiger partial charge in [0.05, 0.1) is 25.3 Å². The van der Waals surface area contributed by atoms with Gasteiger partial charge in [-0.05, 0) is 31.3 Å². The maximum atomic E-state index is 13.5. The third kappa shape index (κ3) is 3.88. The van der Waals surface area contributed by atoms with Crippen molar-refractivity contribution < 1.29 is 9.29 Å². The van der Waals surface area contributed by atoms with Gasteiger partial charge in [0.25, 0.3) is 0 Å². The summed E-state index contributed by atoms with van der Waals surface area (Å²) in [5, 5.41) is 6.59. The van der Waals surface area contributed by atoms with Gasteiger partial charge in [-0.15, -0.1) is 0 Å². The number of quaternary nitrogens is 1. The fourth-order valence-corrected chi connectivity index (χ4v) is 2.83. The first kappa shape index (κ1) is 14.2. The topological polar surface area (TPSA) is 28.5 Å². The molecule has 0 bridgehead atoms. The van der Waals surface area contributed by atoms with E-state index in [1.807, 2.05) is 0 Å². The quantitative estimate of drug-likeness (QED) is 0.724. The number of para-hydroxylation sites is 1. The van der Waals surface area contributed by atoms with Gasteiger partial charge in [0.2, 0.25) is 0 Å². The van der Waals surface area contributed by atoms with Crippen LogP contribution in [0.15, 0.2) is 24.3 Å². The SMILES string of the molecule is CC[NH+]1CCC[C@H]1CNC(=S)Nc1ccccc1F. The Kier molecular flexibility index (Phi) is 5.10. The maximum absolute atomic E-state index is 13.5. The number of benzene rings is 1. The Labute approximate surface area is 119 Å². The summed E-state index contributed by atoms with van der Waals surface area (Å²) in [6, 6.07) is 7.17. The van der Waals surface area contributed by atoms with E-state index in [1.54, 1.807) is 23.1 Å². The van der Waals surface area contributed by atoms with Crippen molar-refractivity contribution in [1.29, 1.82) is 0 Å². The standard InChI is InChI=1S/C14H20FN3S/c1-2-18-9-5-6-11(18)10-16-14(19)17-13-8-4-3-7-12(13)15/h3-4,7-8,11H,2,5-6,9-10H2,1H3,(H2,16,17,19)/p+1/t11-/m0/s1. The van der Waals surface area contributed by atoms with Gasteiger partial charge in [0.1, 0.15) is 11.9 Å².